The van der Waals surface area contributed by atoms with E-state index in [2.05, 4.69) is 0 Å². The van der Waals surface area contributed by atoms with E-state index >= 15 is 0 Å². The van der Waals surface area contributed by atoms with Gasteiger partial charge >= 0.3 is 0 Å². The van der Waals surface area contributed by atoms with Crippen LogP contribution in [0.25, 0.3) is 0 Å². The first-order valence-electron chi connectivity index (χ1n) is 5.58. The highest BCUT2D eigenvalue weighted by Gasteiger charge is 2.25. The van der Waals surface area contributed by atoms with Crippen molar-refractivity contribution in [2.45, 2.75) is 27.2 Å². The van der Waals surface area contributed by atoms with Crippen molar-refractivity contribution in [3.63, 3.8) is 0 Å². The molecule has 0 atom stereocenters. The van der Waals surface area contributed by atoms with Crippen LogP contribution in [0.5, 0.6) is 0 Å². The van der Waals surface area contributed by atoms with Gasteiger partial charge in [0.15, 0.2) is 0 Å². The van der Waals surface area contributed by atoms with Crippen LogP contribution < -0.4 is 0 Å². The van der Waals surface area contributed by atoms with E-state index in [1.54, 1.807) is 20.8 Å². The Bertz CT molecular complexity index is 432. The predicted molar refractivity (Wildman–Crippen MR) is 65.5 cm³/mol. The van der Waals surface area contributed by atoms with Crippen molar-refractivity contribution in [2.75, 3.05) is 19.0 Å². The number of hydrogen-bond donors (Lipinski definition) is 0. The smallest absolute Gasteiger partial charge is 0.257 e. The van der Waals surface area contributed by atoms with Crippen LogP contribution in [-0.2, 0) is 0 Å². The Balaban J connectivity index is 3.01. The summed E-state index contributed by atoms with van der Waals surface area (Å²) in [5.74, 6) is 0.735. The lowest BCUT2D eigenvalue weighted by Gasteiger charge is -2.21. The van der Waals surface area contributed by atoms with Crippen LogP contribution in [0.15, 0.2) is 4.42 Å². The quantitative estimate of drug-likeness (QED) is 0.776. The monoisotopic (exact) mass is 279 g/mol. The van der Waals surface area contributed by atoms with E-state index in [1.165, 1.54) is 0 Å². The lowest BCUT2D eigenvalue weighted by atomic mass is 10.1. The molecule has 6 heteroatoms. The Morgan fingerprint density at radius 1 is 1.33 bits per heavy atom. The minimum atomic E-state index is -2.58. The van der Waals surface area contributed by atoms with Gasteiger partial charge in [0.2, 0.25) is 0 Å². The Morgan fingerprint density at radius 3 is 2.33 bits per heavy atom. The average molecular weight is 280 g/mol. The molecule has 0 aromatic carbocycles. The highest BCUT2D eigenvalue weighted by molar-refractivity contribution is 6.18. The van der Waals surface area contributed by atoms with Crippen molar-refractivity contribution in [1.29, 1.82) is 0 Å². The molecule has 18 heavy (non-hydrogen) atoms. The zero-order chi connectivity index (χ0) is 13.9. The molecule has 0 unspecified atom stereocenters. The van der Waals surface area contributed by atoms with E-state index in [-0.39, 0.29) is 12.4 Å². The highest BCUT2D eigenvalue weighted by atomic mass is 35.5. The number of carbonyl (C=O) groups is 1. The third kappa shape index (κ3) is 3.22. The van der Waals surface area contributed by atoms with E-state index in [0.29, 0.717) is 22.6 Å². The van der Waals surface area contributed by atoms with Crippen LogP contribution in [0.4, 0.5) is 8.78 Å². The maximum atomic E-state index is 12.4. The molecule has 0 aliphatic rings. The number of aryl methyl sites for hydroxylation is 2. The standard InChI is InChI=1S/C12H16ClF2NO2/c1-7-8(2)18-9(3)11(7)12(17)16(5-4-13)6-10(14)15/h10H,4-6H2,1-3H3. The number of furan rings is 1. The Hall–Kier alpha value is -1.10. The molecule has 1 heterocycles. The van der Waals surface area contributed by atoms with Gasteiger partial charge in [-0.25, -0.2) is 8.78 Å². The summed E-state index contributed by atoms with van der Waals surface area (Å²) in [6, 6.07) is 0. The summed E-state index contributed by atoms with van der Waals surface area (Å²) in [4.78, 5) is 13.3. The van der Waals surface area contributed by atoms with E-state index in [0.717, 1.165) is 4.90 Å². The molecular formula is C12H16ClF2NO2. The molecule has 1 aromatic rings. The summed E-state index contributed by atoms with van der Waals surface area (Å²) in [5.41, 5.74) is 1.05. The first kappa shape index (κ1) is 15.0. The summed E-state index contributed by atoms with van der Waals surface area (Å²) in [6.07, 6.45) is -2.58. The number of rotatable bonds is 5. The fraction of sp³-hybridized carbons (Fsp3) is 0.583. The molecule has 1 aromatic heterocycles. The molecule has 0 radical (unpaired) electrons. The van der Waals surface area contributed by atoms with Gasteiger partial charge in [-0.05, 0) is 20.8 Å². The first-order valence-corrected chi connectivity index (χ1v) is 6.11. The van der Waals surface area contributed by atoms with Crippen molar-refractivity contribution >= 4 is 17.5 Å². The molecule has 0 spiro atoms. The van der Waals surface area contributed by atoms with Crippen LogP contribution in [0, 0.1) is 20.8 Å². The van der Waals surface area contributed by atoms with Gasteiger partial charge in [-0.2, -0.15) is 0 Å². The van der Waals surface area contributed by atoms with Crippen molar-refractivity contribution in [3.8, 4) is 0 Å². The number of alkyl halides is 3. The second-order valence-corrected chi connectivity index (χ2v) is 4.42. The maximum Gasteiger partial charge on any atom is 0.257 e. The Kier molecular flexibility index (Phi) is 5.14. The van der Waals surface area contributed by atoms with Crippen LogP contribution in [-0.4, -0.2) is 36.2 Å². The van der Waals surface area contributed by atoms with E-state index in [4.69, 9.17) is 16.0 Å². The van der Waals surface area contributed by atoms with Crippen LogP contribution >= 0.6 is 11.6 Å². The molecular weight excluding hydrogens is 264 g/mol. The molecule has 0 aliphatic heterocycles. The van der Waals surface area contributed by atoms with Gasteiger partial charge in [-0.15, -0.1) is 11.6 Å². The van der Waals surface area contributed by atoms with Gasteiger partial charge in [-0.3, -0.25) is 4.79 Å². The van der Waals surface area contributed by atoms with Gasteiger partial charge in [0.25, 0.3) is 12.3 Å². The van der Waals surface area contributed by atoms with Gasteiger partial charge in [-0.1, -0.05) is 0 Å². The predicted octanol–water partition coefficient (Wildman–Crippen LogP) is 3.15. The lowest BCUT2D eigenvalue weighted by molar-refractivity contribution is 0.0569. The highest BCUT2D eigenvalue weighted by Crippen LogP contribution is 2.22. The molecule has 102 valence electrons. The van der Waals surface area contributed by atoms with E-state index in [9.17, 15) is 13.6 Å². The zero-order valence-corrected chi connectivity index (χ0v) is 11.4. The fourth-order valence-corrected chi connectivity index (χ4v) is 2.01. The van der Waals surface area contributed by atoms with Crippen molar-refractivity contribution in [1.82, 2.24) is 4.90 Å². The zero-order valence-electron chi connectivity index (χ0n) is 10.6. The topological polar surface area (TPSA) is 33.5 Å². The number of nitrogens with zero attached hydrogens (tertiary/aromatic N) is 1. The number of halogens is 3. The molecule has 3 nitrogen and oxygen atoms in total. The Labute approximate surface area is 110 Å². The van der Waals surface area contributed by atoms with Crippen LogP contribution in [0.2, 0.25) is 0 Å². The van der Waals surface area contributed by atoms with Gasteiger partial charge in [0.05, 0.1) is 12.1 Å². The van der Waals surface area contributed by atoms with Gasteiger partial charge in [0.1, 0.15) is 11.5 Å². The molecule has 0 saturated carbocycles. The summed E-state index contributed by atoms with van der Waals surface area (Å²) in [7, 11) is 0. The van der Waals surface area contributed by atoms with E-state index < -0.39 is 18.9 Å². The summed E-state index contributed by atoms with van der Waals surface area (Å²) in [6.45, 7) is 4.59. The third-order valence-electron chi connectivity index (χ3n) is 2.78. The summed E-state index contributed by atoms with van der Waals surface area (Å²) in [5, 5.41) is 0. The largest absolute Gasteiger partial charge is 0.466 e. The Morgan fingerprint density at radius 2 is 1.94 bits per heavy atom. The number of amides is 1. The minimum Gasteiger partial charge on any atom is -0.466 e. The third-order valence-corrected chi connectivity index (χ3v) is 2.94. The normalized spacial score (nSPS) is 11.1. The fourth-order valence-electron chi connectivity index (χ4n) is 1.81. The lowest BCUT2D eigenvalue weighted by Crippen LogP contribution is -2.37. The summed E-state index contributed by atoms with van der Waals surface area (Å²) >= 11 is 5.53. The first-order chi connectivity index (χ1) is 8.38. The van der Waals surface area contributed by atoms with Gasteiger partial charge in [0, 0.05) is 18.0 Å². The molecule has 0 saturated heterocycles. The van der Waals surface area contributed by atoms with Crippen molar-refractivity contribution in [3.05, 3.63) is 22.6 Å². The molecule has 0 bridgehead atoms. The molecule has 0 N–H and O–H groups in total. The second kappa shape index (κ2) is 6.18. The number of carbonyl (C=O) groups excluding carboxylic acids is 1. The molecule has 0 aliphatic carbocycles. The molecule has 0 fully saturated rings. The van der Waals surface area contributed by atoms with Gasteiger partial charge < -0.3 is 9.32 Å². The van der Waals surface area contributed by atoms with Crippen LogP contribution in [0.3, 0.4) is 0 Å². The average Bonchev–Trinajstić information content (AvgIpc) is 2.51. The van der Waals surface area contributed by atoms with Crippen molar-refractivity contribution < 1.29 is 18.0 Å². The minimum absolute atomic E-state index is 0.0911. The maximum absolute atomic E-state index is 12.4. The second-order valence-electron chi connectivity index (χ2n) is 4.05. The SMILES string of the molecule is Cc1oc(C)c(C(=O)N(CCCl)CC(F)F)c1C. The number of hydrogen-bond acceptors (Lipinski definition) is 2. The van der Waals surface area contributed by atoms with Crippen molar-refractivity contribution in [2.24, 2.45) is 0 Å². The summed E-state index contributed by atoms with van der Waals surface area (Å²) < 4.78 is 30.2. The molecule has 1 rings (SSSR count). The molecule has 1 amide bonds. The van der Waals surface area contributed by atoms with E-state index in [1.807, 2.05) is 0 Å². The van der Waals surface area contributed by atoms with Crippen LogP contribution in [0.1, 0.15) is 27.4 Å².